The number of para-hydroxylation sites is 2. The van der Waals surface area contributed by atoms with Gasteiger partial charge in [0.05, 0.1) is 11.0 Å². The normalized spacial score (nSPS) is 13.9. The molecule has 0 spiro atoms. The Morgan fingerprint density at radius 3 is 2.53 bits per heavy atom. The summed E-state index contributed by atoms with van der Waals surface area (Å²) in [6, 6.07) is 8.44. The van der Waals surface area contributed by atoms with Crippen molar-refractivity contribution < 1.29 is 0 Å². The second-order valence-corrected chi connectivity index (χ2v) is 6.85. The van der Waals surface area contributed by atoms with Gasteiger partial charge in [-0.3, -0.25) is 0 Å². The molecule has 0 saturated heterocycles. The number of fused-ring (bicyclic) bond motifs is 1. The molecule has 1 aromatic heterocycles. The minimum atomic E-state index is 0.292. The predicted molar refractivity (Wildman–Crippen MR) is 85.9 cm³/mol. The smallest absolute Gasteiger partial charge is 0.109 e. The zero-order valence-electron chi connectivity index (χ0n) is 12.3. The van der Waals surface area contributed by atoms with Crippen LogP contribution in [0.3, 0.4) is 0 Å². The largest absolute Gasteiger partial charge is 0.328 e. The number of benzene rings is 1. The molecule has 1 aromatic carbocycles. The second kappa shape index (κ2) is 5.66. The van der Waals surface area contributed by atoms with Crippen LogP contribution in [0.15, 0.2) is 24.3 Å². The van der Waals surface area contributed by atoms with Crippen molar-refractivity contribution in [3.05, 3.63) is 30.1 Å². The molecule has 19 heavy (non-hydrogen) atoms. The number of halogens is 1. The van der Waals surface area contributed by atoms with Crippen molar-refractivity contribution in [2.45, 2.75) is 40.7 Å². The molecule has 0 aliphatic heterocycles. The van der Waals surface area contributed by atoms with E-state index >= 15 is 0 Å². The summed E-state index contributed by atoms with van der Waals surface area (Å²) in [5, 5.41) is 1.02. The molecular formula is C16H23BrN2. The van der Waals surface area contributed by atoms with Gasteiger partial charge >= 0.3 is 0 Å². The summed E-state index contributed by atoms with van der Waals surface area (Å²) < 4.78 is 2.40. The topological polar surface area (TPSA) is 17.8 Å². The minimum absolute atomic E-state index is 0.292. The Hall–Kier alpha value is -0.830. The minimum Gasteiger partial charge on any atom is -0.328 e. The fraction of sp³-hybridized carbons (Fsp3) is 0.562. The first-order chi connectivity index (χ1) is 8.97. The number of imidazole rings is 1. The lowest BCUT2D eigenvalue weighted by atomic mass is 9.82. The van der Waals surface area contributed by atoms with Crippen LogP contribution in [0.2, 0.25) is 0 Å². The third-order valence-electron chi connectivity index (χ3n) is 3.86. The Morgan fingerprint density at radius 2 is 1.95 bits per heavy atom. The van der Waals surface area contributed by atoms with Crippen molar-refractivity contribution in [1.82, 2.24) is 9.55 Å². The number of nitrogens with zero attached hydrogens (tertiary/aromatic N) is 2. The molecule has 0 aliphatic rings. The van der Waals surface area contributed by atoms with Gasteiger partial charge < -0.3 is 4.57 Å². The van der Waals surface area contributed by atoms with E-state index in [1.807, 2.05) is 0 Å². The number of hydrogen-bond donors (Lipinski definition) is 0. The van der Waals surface area contributed by atoms with E-state index in [9.17, 15) is 0 Å². The number of hydrogen-bond acceptors (Lipinski definition) is 1. The summed E-state index contributed by atoms with van der Waals surface area (Å²) in [6.07, 6.45) is 0.980. The summed E-state index contributed by atoms with van der Waals surface area (Å²) in [6.45, 7) is 10.1. The maximum Gasteiger partial charge on any atom is 0.109 e. The molecule has 0 bridgehead atoms. The molecule has 2 rings (SSSR count). The Morgan fingerprint density at radius 1 is 1.26 bits per heavy atom. The number of alkyl halides is 1. The van der Waals surface area contributed by atoms with Gasteiger partial charge in [0.15, 0.2) is 0 Å². The SMILES string of the molecule is CCc1nc2ccccc2n1CC(CBr)C(C)(C)C. The quantitative estimate of drug-likeness (QED) is 0.749. The van der Waals surface area contributed by atoms with E-state index in [-0.39, 0.29) is 0 Å². The molecule has 0 amide bonds. The van der Waals surface area contributed by atoms with E-state index in [0.717, 1.165) is 23.8 Å². The van der Waals surface area contributed by atoms with Gasteiger partial charge in [0.1, 0.15) is 5.82 Å². The Kier molecular flexibility index (Phi) is 4.34. The molecule has 104 valence electrons. The van der Waals surface area contributed by atoms with Gasteiger partial charge in [-0.1, -0.05) is 55.8 Å². The average molecular weight is 323 g/mol. The van der Waals surface area contributed by atoms with E-state index in [2.05, 4.69) is 72.5 Å². The summed E-state index contributed by atoms with van der Waals surface area (Å²) in [7, 11) is 0. The van der Waals surface area contributed by atoms with Gasteiger partial charge in [0.25, 0.3) is 0 Å². The van der Waals surface area contributed by atoms with Gasteiger partial charge in [-0.2, -0.15) is 0 Å². The fourth-order valence-electron chi connectivity index (χ4n) is 2.37. The third-order valence-corrected chi connectivity index (χ3v) is 4.65. The maximum atomic E-state index is 4.75. The van der Waals surface area contributed by atoms with Crippen molar-refractivity contribution in [3.8, 4) is 0 Å². The highest BCUT2D eigenvalue weighted by Crippen LogP contribution is 2.30. The van der Waals surface area contributed by atoms with Crippen molar-refractivity contribution in [3.63, 3.8) is 0 Å². The van der Waals surface area contributed by atoms with Crippen LogP contribution in [0.1, 0.15) is 33.5 Å². The molecule has 1 atom stereocenters. The van der Waals surface area contributed by atoms with E-state index in [0.29, 0.717) is 11.3 Å². The maximum absolute atomic E-state index is 4.75. The third kappa shape index (κ3) is 3.02. The Balaban J connectivity index is 2.43. The van der Waals surface area contributed by atoms with Crippen LogP contribution in [0, 0.1) is 11.3 Å². The van der Waals surface area contributed by atoms with E-state index in [4.69, 9.17) is 4.98 Å². The standard InChI is InChI=1S/C16H23BrN2/c1-5-15-18-13-8-6-7-9-14(13)19(15)11-12(10-17)16(2,3)4/h6-9,12H,5,10-11H2,1-4H3. The van der Waals surface area contributed by atoms with Crippen LogP contribution in [0.5, 0.6) is 0 Å². The van der Waals surface area contributed by atoms with E-state index < -0.39 is 0 Å². The lowest BCUT2D eigenvalue weighted by Crippen LogP contribution is -2.27. The van der Waals surface area contributed by atoms with Gasteiger partial charge in [-0.05, 0) is 23.5 Å². The van der Waals surface area contributed by atoms with Gasteiger partial charge in [0.2, 0.25) is 0 Å². The monoisotopic (exact) mass is 322 g/mol. The zero-order chi connectivity index (χ0) is 14.0. The highest BCUT2D eigenvalue weighted by molar-refractivity contribution is 9.09. The Labute approximate surface area is 124 Å². The van der Waals surface area contributed by atoms with Crippen LogP contribution in [0.4, 0.5) is 0 Å². The zero-order valence-corrected chi connectivity index (χ0v) is 13.9. The number of rotatable bonds is 4. The summed E-state index contributed by atoms with van der Waals surface area (Å²) in [5.74, 6) is 1.78. The Bertz CT molecular complexity index is 551. The molecule has 3 heteroatoms. The van der Waals surface area contributed by atoms with Crippen LogP contribution in [-0.4, -0.2) is 14.9 Å². The highest BCUT2D eigenvalue weighted by atomic mass is 79.9. The predicted octanol–water partition coefficient (Wildman–Crippen LogP) is 4.66. The van der Waals surface area contributed by atoms with E-state index in [1.165, 1.54) is 11.3 Å². The molecule has 0 fully saturated rings. The summed E-state index contributed by atoms with van der Waals surface area (Å²) >= 11 is 3.67. The second-order valence-electron chi connectivity index (χ2n) is 6.20. The molecule has 2 nitrogen and oxygen atoms in total. The molecule has 1 unspecified atom stereocenters. The molecule has 0 N–H and O–H groups in total. The van der Waals surface area contributed by atoms with E-state index in [1.54, 1.807) is 0 Å². The molecule has 0 aliphatic carbocycles. The van der Waals surface area contributed by atoms with Crippen molar-refractivity contribution in [1.29, 1.82) is 0 Å². The first kappa shape index (κ1) is 14.6. The average Bonchev–Trinajstić information content (AvgIpc) is 2.72. The molecule has 2 aromatic rings. The fourth-order valence-corrected chi connectivity index (χ4v) is 3.55. The van der Waals surface area contributed by atoms with Gasteiger partial charge in [0, 0.05) is 18.3 Å². The lowest BCUT2D eigenvalue weighted by Gasteiger charge is -2.30. The summed E-state index contributed by atoms with van der Waals surface area (Å²) in [4.78, 5) is 4.75. The van der Waals surface area contributed by atoms with Crippen LogP contribution >= 0.6 is 15.9 Å². The molecular weight excluding hydrogens is 300 g/mol. The number of aryl methyl sites for hydroxylation is 1. The van der Waals surface area contributed by atoms with Crippen molar-refractivity contribution in [2.24, 2.45) is 11.3 Å². The first-order valence-corrected chi connectivity index (χ1v) is 8.09. The van der Waals surface area contributed by atoms with Crippen molar-refractivity contribution in [2.75, 3.05) is 5.33 Å². The molecule has 0 radical (unpaired) electrons. The van der Waals surface area contributed by atoms with Gasteiger partial charge in [-0.15, -0.1) is 0 Å². The molecule has 1 heterocycles. The lowest BCUT2D eigenvalue weighted by molar-refractivity contribution is 0.239. The molecule has 0 saturated carbocycles. The van der Waals surface area contributed by atoms with Crippen LogP contribution in [0.25, 0.3) is 11.0 Å². The van der Waals surface area contributed by atoms with Crippen LogP contribution < -0.4 is 0 Å². The highest BCUT2D eigenvalue weighted by Gasteiger charge is 2.25. The summed E-state index contributed by atoms with van der Waals surface area (Å²) in [5.41, 5.74) is 2.66. The van der Waals surface area contributed by atoms with Crippen LogP contribution in [-0.2, 0) is 13.0 Å². The van der Waals surface area contributed by atoms with Gasteiger partial charge in [-0.25, -0.2) is 4.98 Å². The van der Waals surface area contributed by atoms with Crippen molar-refractivity contribution >= 4 is 27.0 Å². The number of aromatic nitrogens is 2. The first-order valence-electron chi connectivity index (χ1n) is 6.97.